The van der Waals surface area contributed by atoms with E-state index in [0.717, 1.165) is 11.0 Å². The lowest BCUT2D eigenvalue weighted by atomic mass is 10.1. The second kappa shape index (κ2) is 6.74. The van der Waals surface area contributed by atoms with Crippen LogP contribution in [0.5, 0.6) is 11.5 Å². The molecule has 0 saturated carbocycles. The molecule has 0 radical (unpaired) electrons. The summed E-state index contributed by atoms with van der Waals surface area (Å²) in [4.78, 5) is 24.0. The molecule has 0 aromatic heterocycles. The number of hydrogen-bond acceptors (Lipinski definition) is 4. The van der Waals surface area contributed by atoms with Crippen molar-refractivity contribution in [2.24, 2.45) is 0 Å². The average Bonchev–Trinajstić information content (AvgIpc) is 2.43. The number of halogens is 1. The number of rotatable bonds is 6. The summed E-state index contributed by atoms with van der Waals surface area (Å²) < 4.78 is 23.9. The largest absolute Gasteiger partial charge is 0.493 e. The van der Waals surface area contributed by atoms with E-state index in [1.165, 1.54) is 20.3 Å². The number of carbonyl (C=O) groups excluding carboxylic acids is 1. The first-order chi connectivity index (χ1) is 9.46. The molecule has 0 saturated heterocycles. The Balaban J connectivity index is 3.29. The fourth-order valence-corrected chi connectivity index (χ4v) is 1.75. The molecule has 1 aromatic rings. The van der Waals surface area contributed by atoms with Crippen molar-refractivity contribution in [3.63, 3.8) is 0 Å². The molecular formula is C13H16FNO5. The van der Waals surface area contributed by atoms with E-state index in [2.05, 4.69) is 0 Å². The third-order valence-corrected chi connectivity index (χ3v) is 2.70. The van der Waals surface area contributed by atoms with Crippen LogP contribution in [0.1, 0.15) is 17.3 Å². The number of hydrogen-bond donors (Lipinski definition) is 1. The summed E-state index contributed by atoms with van der Waals surface area (Å²) in [6.45, 7) is 1.21. The maximum absolute atomic E-state index is 13.9. The molecule has 0 aliphatic carbocycles. The van der Waals surface area contributed by atoms with E-state index >= 15 is 0 Å². The first kappa shape index (κ1) is 15.7. The number of carbonyl (C=O) groups is 2. The molecule has 0 heterocycles. The van der Waals surface area contributed by atoms with Gasteiger partial charge in [-0.25, -0.2) is 4.39 Å². The highest BCUT2D eigenvalue weighted by molar-refractivity contribution is 5.99. The maximum atomic E-state index is 13.9. The molecule has 0 bridgehead atoms. The van der Waals surface area contributed by atoms with Gasteiger partial charge >= 0.3 is 5.97 Å². The number of aliphatic carboxylic acids is 1. The summed E-state index contributed by atoms with van der Waals surface area (Å²) in [7, 11) is 2.64. The van der Waals surface area contributed by atoms with Crippen molar-refractivity contribution in [2.75, 3.05) is 27.3 Å². The molecule has 0 fully saturated rings. The van der Waals surface area contributed by atoms with E-state index in [4.69, 9.17) is 14.6 Å². The molecule has 1 N–H and O–H groups in total. The van der Waals surface area contributed by atoms with Gasteiger partial charge in [0.25, 0.3) is 5.91 Å². The highest BCUT2D eigenvalue weighted by Crippen LogP contribution is 2.33. The molecule has 1 rings (SSSR count). The zero-order valence-electron chi connectivity index (χ0n) is 11.5. The van der Waals surface area contributed by atoms with Gasteiger partial charge in [-0.05, 0) is 19.1 Å². The Morgan fingerprint density at radius 1 is 1.30 bits per heavy atom. The van der Waals surface area contributed by atoms with Crippen LogP contribution in [0, 0.1) is 5.82 Å². The van der Waals surface area contributed by atoms with Crippen molar-refractivity contribution < 1.29 is 28.6 Å². The summed E-state index contributed by atoms with van der Waals surface area (Å²) in [6.07, 6.45) is 0. The zero-order chi connectivity index (χ0) is 15.3. The quantitative estimate of drug-likeness (QED) is 0.854. The normalized spacial score (nSPS) is 10.0. The topological polar surface area (TPSA) is 76.1 Å². The number of benzene rings is 1. The number of carboxylic acid groups (broad SMARTS) is 1. The van der Waals surface area contributed by atoms with E-state index in [0.29, 0.717) is 0 Å². The van der Waals surface area contributed by atoms with E-state index in [9.17, 15) is 14.0 Å². The molecule has 7 heteroatoms. The highest BCUT2D eigenvalue weighted by atomic mass is 19.1. The minimum Gasteiger partial charge on any atom is -0.493 e. The molecule has 110 valence electrons. The summed E-state index contributed by atoms with van der Waals surface area (Å²) in [5.74, 6) is -2.59. The van der Waals surface area contributed by atoms with Gasteiger partial charge in [0.15, 0.2) is 11.5 Å². The van der Waals surface area contributed by atoms with Gasteiger partial charge < -0.3 is 19.5 Å². The standard InChI is InChI=1S/C13H16FNO5/c1-4-15(7-10(16)17)13(18)11-8(14)5-6-9(19-2)12(11)20-3/h5-6H,4,7H2,1-3H3,(H,16,17). The third kappa shape index (κ3) is 3.17. The first-order valence-electron chi connectivity index (χ1n) is 5.87. The van der Waals surface area contributed by atoms with Crippen LogP contribution in [0.25, 0.3) is 0 Å². The van der Waals surface area contributed by atoms with Gasteiger partial charge in [0, 0.05) is 6.54 Å². The van der Waals surface area contributed by atoms with Gasteiger partial charge in [-0.15, -0.1) is 0 Å². The second-order valence-electron chi connectivity index (χ2n) is 3.87. The van der Waals surface area contributed by atoms with Crippen LogP contribution < -0.4 is 9.47 Å². The Morgan fingerprint density at radius 3 is 2.40 bits per heavy atom. The van der Waals surface area contributed by atoms with E-state index in [1.807, 2.05) is 0 Å². The van der Waals surface area contributed by atoms with Crippen molar-refractivity contribution in [3.05, 3.63) is 23.5 Å². The van der Waals surface area contributed by atoms with Gasteiger partial charge in [0.05, 0.1) is 14.2 Å². The first-order valence-corrected chi connectivity index (χ1v) is 5.87. The van der Waals surface area contributed by atoms with Crippen molar-refractivity contribution >= 4 is 11.9 Å². The molecule has 0 aliphatic heterocycles. The van der Waals surface area contributed by atoms with Crippen LogP contribution in [0.4, 0.5) is 4.39 Å². The van der Waals surface area contributed by atoms with Crippen molar-refractivity contribution in [1.82, 2.24) is 4.90 Å². The molecule has 0 spiro atoms. The Morgan fingerprint density at radius 2 is 1.95 bits per heavy atom. The number of ether oxygens (including phenoxy) is 2. The van der Waals surface area contributed by atoms with Crippen LogP contribution in [-0.4, -0.2) is 49.2 Å². The number of carboxylic acids is 1. The van der Waals surface area contributed by atoms with E-state index < -0.39 is 24.2 Å². The maximum Gasteiger partial charge on any atom is 0.323 e. The lowest BCUT2D eigenvalue weighted by Gasteiger charge is -2.21. The zero-order valence-corrected chi connectivity index (χ0v) is 11.5. The second-order valence-corrected chi connectivity index (χ2v) is 3.87. The molecule has 20 heavy (non-hydrogen) atoms. The Kier molecular flexibility index (Phi) is 5.31. The summed E-state index contributed by atoms with van der Waals surface area (Å²) in [5, 5.41) is 8.76. The molecule has 1 aromatic carbocycles. The predicted octanol–water partition coefficient (Wildman–Crippen LogP) is 1.39. The smallest absolute Gasteiger partial charge is 0.323 e. The predicted molar refractivity (Wildman–Crippen MR) is 68.7 cm³/mol. The molecule has 1 amide bonds. The lowest BCUT2D eigenvalue weighted by Crippen LogP contribution is -2.36. The Bertz CT molecular complexity index is 518. The molecule has 0 aliphatic rings. The Labute approximate surface area is 115 Å². The third-order valence-electron chi connectivity index (χ3n) is 2.70. The van der Waals surface area contributed by atoms with Crippen molar-refractivity contribution in [3.8, 4) is 11.5 Å². The summed E-state index contributed by atoms with van der Waals surface area (Å²) in [6, 6.07) is 2.40. The van der Waals surface area contributed by atoms with Gasteiger partial charge in [-0.3, -0.25) is 9.59 Å². The number of amides is 1. The van der Waals surface area contributed by atoms with Crippen molar-refractivity contribution in [2.45, 2.75) is 6.92 Å². The van der Waals surface area contributed by atoms with Crippen LogP contribution in [0.3, 0.4) is 0 Å². The van der Waals surface area contributed by atoms with Crippen LogP contribution in [0.15, 0.2) is 12.1 Å². The number of methoxy groups -OCH3 is 2. The number of likely N-dealkylation sites (N-methyl/N-ethyl adjacent to an activating group) is 1. The monoisotopic (exact) mass is 285 g/mol. The van der Waals surface area contributed by atoms with Crippen LogP contribution in [0.2, 0.25) is 0 Å². The van der Waals surface area contributed by atoms with Crippen LogP contribution in [-0.2, 0) is 4.79 Å². The highest BCUT2D eigenvalue weighted by Gasteiger charge is 2.26. The van der Waals surface area contributed by atoms with Crippen LogP contribution >= 0.6 is 0 Å². The molecular weight excluding hydrogens is 269 g/mol. The van der Waals surface area contributed by atoms with E-state index in [1.54, 1.807) is 6.92 Å². The fourth-order valence-electron chi connectivity index (χ4n) is 1.75. The lowest BCUT2D eigenvalue weighted by molar-refractivity contribution is -0.137. The van der Waals surface area contributed by atoms with Crippen molar-refractivity contribution in [1.29, 1.82) is 0 Å². The number of nitrogens with zero attached hydrogens (tertiary/aromatic N) is 1. The SMILES string of the molecule is CCN(CC(=O)O)C(=O)c1c(F)ccc(OC)c1OC. The fraction of sp³-hybridized carbons (Fsp3) is 0.385. The Hall–Kier alpha value is -2.31. The van der Waals surface area contributed by atoms with Gasteiger partial charge in [0.2, 0.25) is 0 Å². The minimum atomic E-state index is -1.18. The molecule has 6 nitrogen and oxygen atoms in total. The van der Waals surface area contributed by atoms with E-state index in [-0.39, 0.29) is 23.6 Å². The molecule has 0 unspecified atom stereocenters. The average molecular weight is 285 g/mol. The van der Waals surface area contributed by atoms with Gasteiger partial charge in [-0.1, -0.05) is 0 Å². The summed E-state index contributed by atoms with van der Waals surface area (Å²) in [5.41, 5.74) is -0.338. The molecule has 0 atom stereocenters. The minimum absolute atomic E-state index is 0.0543. The summed E-state index contributed by atoms with van der Waals surface area (Å²) >= 11 is 0. The van der Waals surface area contributed by atoms with Gasteiger partial charge in [-0.2, -0.15) is 0 Å². The van der Waals surface area contributed by atoms with Gasteiger partial charge in [0.1, 0.15) is 17.9 Å².